The van der Waals surface area contributed by atoms with Gasteiger partial charge in [-0.3, -0.25) is 5.73 Å². The first-order valence-electron chi connectivity index (χ1n) is 8.84. The Hall–Kier alpha value is -0.790. The van der Waals surface area contributed by atoms with Crippen molar-refractivity contribution in [2.75, 3.05) is 6.61 Å². The zero-order chi connectivity index (χ0) is 16.7. The second-order valence-corrected chi connectivity index (χ2v) is 8.91. The highest BCUT2D eigenvalue weighted by Gasteiger charge is 2.47. The van der Waals surface area contributed by atoms with Crippen LogP contribution in [0.4, 0.5) is 0 Å². The van der Waals surface area contributed by atoms with E-state index in [0.29, 0.717) is 12.0 Å². The predicted octanol–water partition coefficient (Wildman–Crippen LogP) is 4.58. The van der Waals surface area contributed by atoms with Crippen molar-refractivity contribution in [3.63, 3.8) is 0 Å². The molecule has 0 radical (unpaired) electrons. The van der Waals surface area contributed by atoms with Crippen molar-refractivity contribution in [1.29, 1.82) is 0 Å². The molecule has 0 bridgehead atoms. The molecule has 3 rings (SSSR count). The van der Waals surface area contributed by atoms with Crippen LogP contribution in [0, 0.1) is 5.41 Å². The molecule has 128 valence electrons. The summed E-state index contributed by atoms with van der Waals surface area (Å²) >= 11 is 0. The van der Waals surface area contributed by atoms with Crippen LogP contribution >= 0.6 is 9.24 Å². The SMILES string of the molecule is CCC[C@]1(c2ccc3c(c2)OCC(N)(P)O3)CCCCC1(C)C. The van der Waals surface area contributed by atoms with Gasteiger partial charge in [-0.15, -0.1) is 0 Å². The molecule has 0 saturated heterocycles. The maximum absolute atomic E-state index is 6.01. The summed E-state index contributed by atoms with van der Waals surface area (Å²) in [7, 11) is 2.52. The summed E-state index contributed by atoms with van der Waals surface area (Å²) in [6.07, 6.45) is 7.64. The molecule has 0 aromatic heterocycles. The molecule has 1 aliphatic heterocycles. The van der Waals surface area contributed by atoms with E-state index in [2.05, 4.69) is 42.1 Å². The van der Waals surface area contributed by atoms with E-state index in [-0.39, 0.29) is 5.41 Å². The van der Waals surface area contributed by atoms with Gasteiger partial charge in [0.15, 0.2) is 11.5 Å². The minimum Gasteiger partial charge on any atom is -0.484 e. The Balaban J connectivity index is 2.02. The van der Waals surface area contributed by atoms with Crippen LogP contribution in [0.25, 0.3) is 0 Å². The summed E-state index contributed by atoms with van der Waals surface area (Å²) in [5, 5.41) is 0. The summed E-state index contributed by atoms with van der Waals surface area (Å²) in [5.41, 5.74) is 7.13. The van der Waals surface area contributed by atoms with Gasteiger partial charge in [-0.1, -0.05) is 55.3 Å². The van der Waals surface area contributed by atoms with Crippen molar-refractivity contribution < 1.29 is 9.47 Å². The summed E-state index contributed by atoms with van der Waals surface area (Å²) in [6, 6.07) is 6.48. The van der Waals surface area contributed by atoms with Crippen molar-refractivity contribution in [2.45, 2.75) is 70.2 Å². The Kier molecular flexibility index (Phi) is 4.40. The standard InChI is InChI=1S/C19H30NO2P/c1-4-9-18(11-6-5-10-17(18,2)3)14-7-8-15-16(12-14)21-13-19(20,23)22-15/h7-8,12H,4-6,9-11,13,20,23H2,1-3H3/t18-,19?/m1/s1. The minimum absolute atomic E-state index is 0.233. The van der Waals surface area contributed by atoms with Crippen LogP contribution in [0.15, 0.2) is 18.2 Å². The monoisotopic (exact) mass is 335 g/mol. The fraction of sp³-hybridized carbons (Fsp3) is 0.684. The van der Waals surface area contributed by atoms with Gasteiger partial charge in [-0.2, -0.15) is 0 Å². The van der Waals surface area contributed by atoms with Gasteiger partial charge in [-0.05, 0) is 42.4 Å². The highest BCUT2D eigenvalue weighted by atomic mass is 31.0. The summed E-state index contributed by atoms with van der Waals surface area (Å²) < 4.78 is 11.7. The lowest BCUT2D eigenvalue weighted by molar-refractivity contribution is 0.0645. The first-order valence-corrected chi connectivity index (χ1v) is 9.42. The van der Waals surface area contributed by atoms with Crippen molar-refractivity contribution >= 4 is 9.24 Å². The summed E-state index contributed by atoms with van der Waals surface area (Å²) in [6.45, 7) is 7.53. The molecule has 1 aromatic rings. The third-order valence-electron chi connectivity index (χ3n) is 5.88. The second kappa shape index (κ2) is 5.93. The van der Waals surface area contributed by atoms with E-state index in [1.165, 1.54) is 44.1 Å². The topological polar surface area (TPSA) is 44.5 Å². The number of hydrogen-bond donors (Lipinski definition) is 1. The first kappa shape index (κ1) is 17.0. The quantitative estimate of drug-likeness (QED) is 0.822. The molecule has 1 aromatic carbocycles. The zero-order valence-corrected chi connectivity index (χ0v) is 15.8. The fourth-order valence-corrected chi connectivity index (χ4v) is 4.78. The third kappa shape index (κ3) is 2.98. The lowest BCUT2D eigenvalue weighted by Gasteiger charge is -2.51. The molecule has 2 N–H and O–H groups in total. The Morgan fingerprint density at radius 1 is 1.17 bits per heavy atom. The van der Waals surface area contributed by atoms with Crippen molar-refractivity contribution in [1.82, 2.24) is 0 Å². The molecule has 23 heavy (non-hydrogen) atoms. The van der Waals surface area contributed by atoms with Crippen LogP contribution < -0.4 is 15.2 Å². The fourth-order valence-electron chi connectivity index (χ4n) is 4.57. The third-order valence-corrected chi connectivity index (χ3v) is 6.16. The van der Waals surface area contributed by atoms with Crippen LogP contribution in [0.3, 0.4) is 0 Å². The van der Waals surface area contributed by atoms with Crippen molar-refractivity contribution in [3.05, 3.63) is 23.8 Å². The lowest BCUT2D eigenvalue weighted by atomic mass is 9.53. The number of ether oxygens (including phenoxy) is 2. The molecule has 1 saturated carbocycles. The number of fused-ring (bicyclic) bond motifs is 1. The van der Waals surface area contributed by atoms with Crippen molar-refractivity contribution in [2.24, 2.45) is 11.1 Å². The van der Waals surface area contributed by atoms with Crippen LogP contribution in [0.2, 0.25) is 0 Å². The molecule has 1 fully saturated rings. The number of benzene rings is 1. The maximum Gasteiger partial charge on any atom is 0.205 e. The molecule has 3 atom stereocenters. The van der Waals surface area contributed by atoms with Crippen LogP contribution in [-0.2, 0) is 5.41 Å². The highest BCUT2D eigenvalue weighted by Crippen LogP contribution is 2.55. The first-order chi connectivity index (χ1) is 10.8. The van der Waals surface area contributed by atoms with E-state index in [1.807, 2.05) is 6.07 Å². The van der Waals surface area contributed by atoms with Crippen LogP contribution in [0.5, 0.6) is 11.5 Å². The molecule has 1 heterocycles. The van der Waals surface area contributed by atoms with E-state index in [1.54, 1.807) is 0 Å². The molecule has 4 heteroatoms. The minimum atomic E-state index is -0.820. The average molecular weight is 335 g/mol. The zero-order valence-electron chi connectivity index (χ0n) is 14.7. The van der Waals surface area contributed by atoms with Gasteiger partial charge in [0.25, 0.3) is 0 Å². The number of nitrogens with two attached hydrogens (primary N) is 1. The average Bonchev–Trinajstić information content (AvgIpc) is 2.48. The molecule has 3 nitrogen and oxygen atoms in total. The molecular formula is C19H30NO2P. The predicted molar refractivity (Wildman–Crippen MR) is 98.0 cm³/mol. The Bertz CT molecular complexity index is 581. The Morgan fingerprint density at radius 3 is 2.61 bits per heavy atom. The maximum atomic E-state index is 6.01. The van der Waals surface area contributed by atoms with Gasteiger partial charge in [0.05, 0.1) is 0 Å². The van der Waals surface area contributed by atoms with E-state index < -0.39 is 5.47 Å². The molecule has 1 aliphatic carbocycles. The second-order valence-electron chi connectivity index (χ2n) is 7.93. The van der Waals surface area contributed by atoms with Crippen molar-refractivity contribution in [3.8, 4) is 11.5 Å². The van der Waals surface area contributed by atoms with E-state index >= 15 is 0 Å². The van der Waals surface area contributed by atoms with E-state index in [0.717, 1.165) is 11.5 Å². The molecule has 2 aliphatic rings. The van der Waals surface area contributed by atoms with E-state index in [4.69, 9.17) is 15.2 Å². The lowest BCUT2D eigenvalue weighted by Crippen LogP contribution is -2.47. The summed E-state index contributed by atoms with van der Waals surface area (Å²) in [5.74, 6) is 1.58. The molecule has 0 amide bonds. The summed E-state index contributed by atoms with van der Waals surface area (Å²) in [4.78, 5) is 0. The van der Waals surface area contributed by atoms with Gasteiger partial charge in [-0.25, -0.2) is 0 Å². The van der Waals surface area contributed by atoms with E-state index in [9.17, 15) is 0 Å². The van der Waals surface area contributed by atoms with Crippen LogP contribution in [-0.4, -0.2) is 12.1 Å². The smallest absolute Gasteiger partial charge is 0.205 e. The number of rotatable bonds is 3. The number of hydrogen-bond acceptors (Lipinski definition) is 3. The normalized spacial score (nSPS) is 32.6. The van der Waals surface area contributed by atoms with Gasteiger partial charge in [0.2, 0.25) is 5.47 Å². The largest absolute Gasteiger partial charge is 0.484 e. The van der Waals surface area contributed by atoms with Gasteiger partial charge < -0.3 is 9.47 Å². The molecular weight excluding hydrogens is 305 g/mol. The Morgan fingerprint density at radius 2 is 1.91 bits per heavy atom. The van der Waals surface area contributed by atoms with Gasteiger partial charge in [0.1, 0.15) is 6.61 Å². The van der Waals surface area contributed by atoms with Crippen LogP contribution in [0.1, 0.15) is 64.9 Å². The highest BCUT2D eigenvalue weighted by molar-refractivity contribution is 7.18. The molecule has 0 spiro atoms. The molecule has 2 unspecified atom stereocenters. The van der Waals surface area contributed by atoms with Gasteiger partial charge in [0, 0.05) is 5.41 Å². The Labute approximate surface area is 142 Å². The van der Waals surface area contributed by atoms with Gasteiger partial charge >= 0.3 is 0 Å².